The van der Waals surface area contributed by atoms with Crippen LogP contribution < -0.4 is 0 Å². The fraction of sp³-hybridized carbons (Fsp3) is 0.778. The first kappa shape index (κ1) is 16.2. The summed E-state index contributed by atoms with van der Waals surface area (Å²) in [6.07, 6.45) is -5.81. The van der Waals surface area contributed by atoms with Crippen molar-refractivity contribution in [3.05, 3.63) is 11.6 Å². The van der Waals surface area contributed by atoms with Crippen molar-refractivity contribution < 1.29 is 35.5 Å². The maximum atomic E-state index is 12.9. The first-order valence-electron chi connectivity index (χ1n) is 4.55. The Kier molecular flexibility index (Phi) is 5.00. The zero-order valence-electron chi connectivity index (χ0n) is 9.05. The van der Waals surface area contributed by atoms with Gasteiger partial charge in [0, 0.05) is 12.2 Å². The summed E-state index contributed by atoms with van der Waals surface area (Å²) < 4.78 is 90.8. The Balaban J connectivity index is 5.06. The lowest BCUT2D eigenvalue weighted by molar-refractivity contribution is -0.344. The molecule has 0 N–H and O–H groups in total. The van der Waals surface area contributed by atoms with Gasteiger partial charge in [-0.05, 0) is 13.8 Å². The van der Waals surface area contributed by atoms with Crippen molar-refractivity contribution >= 4 is 0 Å². The second-order valence-electron chi connectivity index (χ2n) is 3.19. The van der Waals surface area contributed by atoms with Gasteiger partial charge in [0.25, 0.3) is 0 Å². The molecule has 0 heterocycles. The van der Waals surface area contributed by atoms with E-state index in [9.17, 15) is 30.7 Å². The van der Waals surface area contributed by atoms with Crippen molar-refractivity contribution in [2.24, 2.45) is 0 Å². The van der Waals surface area contributed by atoms with Crippen molar-refractivity contribution in [2.75, 3.05) is 13.2 Å². The quantitative estimate of drug-likeness (QED) is 0.418. The van der Waals surface area contributed by atoms with E-state index < -0.39 is 30.2 Å². The molecule has 0 aromatic heterocycles. The minimum absolute atomic E-state index is 0.130. The van der Waals surface area contributed by atoms with Crippen molar-refractivity contribution in [3.8, 4) is 0 Å². The van der Waals surface area contributed by atoms with Gasteiger partial charge in [-0.3, -0.25) is 0 Å². The summed E-state index contributed by atoms with van der Waals surface area (Å²) in [5.41, 5.74) is -1.38. The maximum absolute atomic E-state index is 12.9. The average molecular weight is 268 g/mol. The molecule has 0 rings (SSSR count). The lowest BCUT2D eigenvalue weighted by atomic mass is 10.0. The van der Waals surface area contributed by atoms with Crippen LogP contribution in [0.1, 0.15) is 13.8 Å². The lowest BCUT2D eigenvalue weighted by Gasteiger charge is -2.28. The monoisotopic (exact) mass is 268 g/mol. The summed E-state index contributed by atoms with van der Waals surface area (Å²) in [4.78, 5) is 0. The van der Waals surface area contributed by atoms with E-state index in [1.54, 1.807) is 0 Å². The minimum atomic E-state index is -6.31. The summed E-state index contributed by atoms with van der Waals surface area (Å²) >= 11 is 0. The molecule has 0 amide bonds. The highest BCUT2D eigenvalue weighted by atomic mass is 19.4. The van der Waals surface area contributed by atoms with Crippen LogP contribution in [-0.4, -0.2) is 31.2 Å². The minimum Gasteiger partial charge on any atom is -0.378 e. The van der Waals surface area contributed by atoms with Crippen molar-refractivity contribution in [3.63, 3.8) is 0 Å². The van der Waals surface area contributed by atoms with Crippen LogP contribution in [0.15, 0.2) is 11.6 Å². The third kappa shape index (κ3) is 3.34. The van der Waals surface area contributed by atoms with Crippen LogP contribution in [0.25, 0.3) is 0 Å². The molecule has 0 aliphatic rings. The van der Waals surface area contributed by atoms with E-state index in [1.807, 2.05) is 0 Å². The molecule has 0 aliphatic carbocycles. The standard InChI is InChI=1S/C9H11F7O/c1-3-17-5-4-6(2)7(10,11)8(12,13)9(14,15)16/h4H,3,5H2,1-2H3. The van der Waals surface area contributed by atoms with Gasteiger partial charge in [-0.2, -0.15) is 30.7 Å². The molecule has 0 spiro atoms. The van der Waals surface area contributed by atoms with E-state index >= 15 is 0 Å². The predicted octanol–water partition coefficient (Wildman–Crippen LogP) is 3.80. The fourth-order valence-corrected chi connectivity index (χ4v) is 0.856. The Bertz CT molecular complexity index is 280. The van der Waals surface area contributed by atoms with Crippen LogP contribution in [0.2, 0.25) is 0 Å². The number of ether oxygens (including phenoxy) is 1. The third-order valence-corrected chi connectivity index (χ3v) is 1.96. The van der Waals surface area contributed by atoms with E-state index in [2.05, 4.69) is 4.74 Å². The van der Waals surface area contributed by atoms with Gasteiger partial charge in [0.05, 0.1) is 6.61 Å². The van der Waals surface area contributed by atoms with Crippen LogP contribution in [0.3, 0.4) is 0 Å². The SMILES string of the molecule is CCOCC=C(C)C(F)(F)C(F)(F)C(F)(F)F. The fourth-order valence-electron chi connectivity index (χ4n) is 0.856. The molecular weight excluding hydrogens is 257 g/mol. The Hall–Kier alpha value is -0.790. The topological polar surface area (TPSA) is 9.23 Å². The number of hydrogen-bond donors (Lipinski definition) is 0. The highest BCUT2D eigenvalue weighted by Gasteiger charge is 2.73. The molecule has 0 atom stereocenters. The van der Waals surface area contributed by atoms with Gasteiger partial charge in [0.15, 0.2) is 0 Å². The molecule has 0 aliphatic heterocycles. The van der Waals surface area contributed by atoms with Gasteiger partial charge in [0.1, 0.15) is 0 Å². The molecule has 0 saturated heterocycles. The number of rotatable bonds is 5. The predicted molar refractivity (Wildman–Crippen MR) is 46.2 cm³/mol. The zero-order chi connectivity index (χ0) is 13.9. The van der Waals surface area contributed by atoms with Crippen molar-refractivity contribution in [2.45, 2.75) is 31.9 Å². The van der Waals surface area contributed by atoms with E-state index in [-0.39, 0.29) is 6.61 Å². The van der Waals surface area contributed by atoms with Gasteiger partial charge in [0.2, 0.25) is 0 Å². The molecule has 17 heavy (non-hydrogen) atoms. The van der Waals surface area contributed by atoms with E-state index in [0.29, 0.717) is 13.0 Å². The van der Waals surface area contributed by atoms with Crippen LogP contribution in [0.5, 0.6) is 0 Å². The normalized spacial score (nSPS) is 15.2. The molecule has 0 unspecified atom stereocenters. The second-order valence-corrected chi connectivity index (χ2v) is 3.19. The van der Waals surface area contributed by atoms with Gasteiger partial charge in [-0.15, -0.1) is 0 Å². The zero-order valence-corrected chi connectivity index (χ0v) is 9.05. The number of alkyl halides is 7. The molecule has 0 fully saturated rings. The van der Waals surface area contributed by atoms with Crippen LogP contribution in [0, 0.1) is 0 Å². The van der Waals surface area contributed by atoms with Crippen molar-refractivity contribution in [1.29, 1.82) is 0 Å². The van der Waals surface area contributed by atoms with Gasteiger partial charge < -0.3 is 4.74 Å². The van der Waals surface area contributed by atoms with Crippen molar-refractivity contribution in [1.82, 2.24) is 0 Å². The highest BCUT2D eigenvalue weighted by Crippen LogP contribution is 2.49. The van der Waals surface area contributed by atoms with E-state index in [1.165, 1.54) is 6.92 Å². The van der Waals surface area contributed by atoms with Crippen LogP contribution >= 0.6 is 0 Å². The summed E-state index contributed by atoms with van der Waals surface area (Å²) in [6, 6.07) is 0. The molecule has 0 aromatic rings. The molecule has 0 aromatic carbocycles. The Morgan fingerprint density at radius 2 is 1.53 bits per heavy atom. The molecule has 0 radical (unpaired) electrons. The van der Waals surface area contributed by atoms with Crippen LogP contribution in [-0.2, 0) is 4.74 Å². The second kappa shape index (κ2) is 5.24. The first-order valence-corrected chi connectivity index (χ1v) is 4.55. The molecular formula is C9H11F7O. The third-order valence-electron chi connectivity index (χ3n) is 1.96. The molecule has 1 nitrogen and oxygen atoms in total. The van der Waals surface area contributed by atoms with Gasteiger partial charge in [-0.1, -0.05) is 6.08 Å². The summed E-state index contributed by atoms with van der Waals surface area (Å²) in [6.45, 7) is 1.70. The number of halogens is 7. The van der Waals surface area contributed by atoms with Gasteiger partial charge in [-0.25, -0.2) is 0 Å². The number of allylic oxidation sites excluding steroid dienone is 1. The van der Waals surface area contributed by atoms with Gasteiger partial charge >= 0.3 is 18.0 Å². The summed E-state index contributed by atoms with van der Waals surface area (Å²) in [7, 11) is 0. The lowest BCUT2D eigenvalue weighted by Crippen LogP contribution is -2.52. The Labute approximate surface area is 93.2 Å². The number of hydrogen-bond acceptors (Lipinski definition) is 1. The largest absolute Gasteiger partial charge is 0.460 e. The smallest absolute Gasteiger partial charge is 0.378 e. The maximum Gasteiger partial charge on any atom is 0.460 e. The highest BCUT2D eigenvalue weighted by molar-refractivity contribution is 5.16. The first-order chi connectivity index (χ1) is 7.48. The Morgan fingerprint density at radius 3 is 1.88 bits per heavy atom. The summed E-state index contributed by atoms with van der Waals surface area (Å²) in [5, 5.41) is 0. The van der Waals surface area contributed by atoms with E-state index in [4.69, 9.17) is 0 Å². The molecule has 0 bridgehead atoms. The molecule has 0 saturated carbocycles. The van der Waals surface area contributed by atoms with Crippen LogP contribution in [0.4, 0.5) is 30.7 Å². The van der Waals surface area contributed by atoms with E-state index in [0.717, 1.165) is 0 Å². The molecule has 8 heteroatoms. The average Bonchev–Trinajstić information content (AvgIpc) is 2.15. The summed E-state index contributed by atoms with van der Waals surface area (Å²) in [5.74, 6) is -11.4. The molecule has 102 valence electrons. The Morgan fingerprint density at radius 1 is 1.06 bits per heavy atom.